The van der Waals surface area contributed by atoms with Crippen molar-refractivity contribution in [3.8, 4) is 16.9 Å². The van der Waals surface area contributed by atoms with Crippen LogP contribution < -0.4 is 10.1 Å². The lowest BCUT2D eigenvalue weighted by Gasteiger charge is -2.17. The van der Waals surface area contributed by atoms with Crippen LogP contribution in [0.5, 0.6) is 5.75 Å². The van der Waals surface area contributed by atoms with E-state index in [1.54, 1.807) is 12.0 Å². The van der Waals surface area contributed by atoms with E-state index < -0.39 is 0 Å². The van der Waals surface area contributed by atoms with Crippen LogP contribution in [0.25, 0.3) is 11.1 Å². The summed E-state index contributed by atoms with van der Waals surface area (Å²) in [5.41, 5.74) is 4.27. The maximum absolute atomic E-state index is 12.8. The van der Waals surface area contributed by atoms with E-state index in [9.17, 15) is 9.59 Å². The Hall–Kier alpha value is -3.60. The molecule has 4 rings (SSSR count). The van der Waals surface area contributed by atoms with Crippen molar-refractivity contribution in [3.63, 3.8) is 0 Å². The maximum Gasteiger partial charge on any atom is 0.225 e. The molecule has 0 aromatic heterocycles. The summed E-state index contributed by atoms with van der Waals surface area (Å²) in [4.78, 5) is 27.0. The molecule has 31 heavy (non-hydrogen) atoms. The van der Waals surface area contributed by atoms with Crippen molar-refractivity contribution in [2.75, 3.05) is 13.7 Å². The first kappa shape index (κ1) is 20.7. The predicted octanol–water partition coefficient (Wildman–Crippen LogP) is 4.03. The molecule has 3 aromatic rings. The zero-order valence-electron chi connectivity index (χ0n) is 17.6. The van der Waals surface area contributed by atoms with Gasteiger partial charge in [-0.15, -0.1) is 0 Å². The fourth-order valence-electron chi connectivity index (χ4n) is 3.99. The molecule has 0 bridgehead atoms. The number of carbonyl (C=O) groups is 2. The van der Waals surface area contributed by atoms with Crippen LogP contribution in [-0.4, -0.2) is 30.4 Å². The molecule has 0 aliphatic carbocycles. The topological polar surface area (TPSA) is 58.6 Å². The van der Waals surface area contributed by atoms with Gasteiger partial charge in [-0.3, -0.25) is 9.59 Å². The number of hydrogen-bond donors (Lipinski definition) is 1. The Bertz CT molecular complexity index is 1070. The summed E-state index contributed by atoms with van der Waals surface area (Å²) < 4.78 is 5.25. The highest BCUT2D eigenvalue weighted by Crippen LogP contribution is 2.25. The summed E-state index contributed by atoms with van der Waals surface area (Å²) >= 11 is 0. The lowest BCUT2D eigenvalue weighted by Crippen LogP contribution is -2.32. The van der Waals surface area contributed by atoms with Crippen molar-refractivity contribution in [2.24, 2.45) is 5.92 Å². The van der Waals surface area contributed by atoms with Gasteiger partial charge in [-0.05, 0) is 34.4 Å². The molecule has 0 spiro atoms. The molecule has 0 saturated carbocycles. The molecule has 1 heterocycles. The minimum atomic E-state index is -0.331. The summed E-state index contributed by atoms with van der Waals surface area (Å²) in [6.45, 7) is 1.35. The molecule has 1 N–H and O–H groups in total. The Morgan fingerprint density at radius 3 is 2.61 bits per heavy atom. The number of nitrogens with one attached hydrogen (secondary N) is 1. The van der Waals surface area contributed by atoms with Crippen LogP contribution in [0.1, 0.15) is 17.5 Å². The molecule has 1 saturated heterocycles. The zero-order chi connectivity index (χ0) is 21.6. The van der Waals surface area contributed by atoms with Crippen LogP contribution >= 0.6 is 0 Å². The van der Waals surface area contributed by atoms with E-state index >= 15 is 0 Å². The second-order valence-corrected chi connectivity index (χ2v) is 7.77. The predicted molar refractivity (Wildman–Crippen MR) is 120 cm³/mol. The van der Waals surface area contributed by atoms with Crippen LogP contribution in [0.3, 0.4) is 0 Å². The molecule has 1 aliphatic heterocycles. The molecule has 2 amide bonds. The van der Waals surface area contributed by atoms with Crippen LogP contribution in [0.2, 0.25) is 0 Å². The number of likely N-dealkylation sites (tertiary alicyclic amines) is 1. The summed E-state index contributed by atoms with van der Waals surface area (Å²) in [6.07, 6.45) is 0.246. The van der Waals surface area contributed by atoms with E-state index in [0.717, 1.165) is 28.0 Å². The maximum atomic E-state index is 12.8. The number of ether oxygens (including phenoxy) is 1. The first-order valence-electron chi connectivity index (χ1n) is 10.5. The van der Waals surface area contributed by atoms with Crippen molar-refractivity contribution in [1.82, 2.24) is 10.2 Å². The molecule has 3 aromatic carbocycles. The van der Waals surface area contributed by atoms with Gasteiger partial charge in [0, 0.05) is 26.1 Å². The normalized spacial score (nSPS) is 15.7. The molecule has 5 heteroatoms. The minimum Gasteiger partial charge on any atom is -0.497 e. The summed E-state index contributed by atoms with van der Waals surface area (Å²) in [5, 5.41) is 3.04. The Kier molecular flexibility index (Phi) is 6.32. The third-order valence-electron chi connectivity index (χ3n) is 5.65. The fraction of sp³-hybridized carbons (Fsp3) is 0.231. The lowest BCUT2D eigenvalue weighted by molar-refractivity contribution is -0.129. The molecular weight excluding hydrogens is 388 g/mol. The first-order valence-corrected chi connectivity index (χ1v) is 10.5. The van der Waals surface area contributed by atoms with Crippen molar-refractivity contribution < 1.29 is 14.3 Å². The third-order valence-corrected chi connectivity index (χ3v) is 5.65. The smallest absolute Gasteiger partial charge is 0.225 e. The van der Waals surface area contributed by atoms with Gasteiger partial charge in [0.25, 0.3) is 0 Å². The zero-order valence-corrected chi connectivity index (χ0v) is 17.6. The van der Waals surface area contributed by atoms with Gasteiger partial charge >= 0.3 is 0 Å². The first-order chi connectivity index (χ1) is 15.1. The van der Waals surface area contributed by atoms with Gasteiger partial charge in [-0.1, -0.05) is 66.7 Å². The van der Waals surface area contributed by atoms with Gasteiger partial charge in [-0.2, -0.15) is 0 Å². The number of nitrogens with zero attached hydrogens (tertiary/aromatic N) is 1. The van der Waals surface area contributed by atoms with Crippen LogP contribution in [-0.2, 0) is 22.7 Å². The molecular formula is C26H26N2O3. The van der Waals surface area contributed by atoms with Crippen molar-refractivity contribution >= 4 is 11.8 Å². The van der Waals surface area contributed by atoms with E-state index in [2.05, 4.69) is 23.5 Å². The quantitative estimate of drug-likeness (QED) is 0.635. The molecule has 0 radical (unpaired) electrons. The number of carbonyl (C=O) groups excluding carboxylic acids is 2. The van der Waals surface area contributed by atoms with E-state index in [4.69, 9.17) is 4.74 Å². The Morgan fingerprint density at radius 1 is 1.03 bits per heavy atom. The number of methoxy groups -OCH3 is 1. The van der Waals surface area contributed by atoms with Gasteiger partial charge in [-0.25, -0.2) is 0 Å². The van der Waals surface area contributed by atoms with Crippen molar-refractivity contribution in [3.05, 3.63) is 90.0 Å². The highest BCUT2D eigenvalue weighted by molar-refractivity contribution is 5.89. The number of rotatable bonds is 7. The Labute approximate surface area is 182 Å². The number of benzene rings is 3. The monoisotopic (exact) mass is 414 g/mol. The number of amides is 2. The second kappa shape index (κ2) is 9.47. The summed E-state index contributed by atoms with van der Waals surface area (Å²) in [5.74, 6) is 0.356. The van der Waals surface area contributed by atoms with Crippen LogP contribution in [0, 0.1) is 5.92 Å². The van der Waals surface area contributed by atoms with E-state index in [1.165, 1.54) is 0 Å². The summed E-state index contributed by atoms with van der Waals surface area (Å²) in [7, 11) is 1.62. The Balaban J connectivity index is 1.37. The number of hydrogen-bond acceptors (Lipinski definition) is 3. The Morgan fingerprint density at radius 2 is 1.81 bits per heavy atom. The van der Waals surface area contributed by atoms with E-state index in [-0.39, 0.29) is 24.2 Å². The SMILES string of the molecule is COc1cccc(CN2C[C@H](C(=O)NCc3ccccc3-c3ccccc3)CC2=O)c1. The second-order valence-electron chi connectivity index (χ2n) is 7.77. The van der Waals surface area contributed by atoms with Gasteiger partial charge < -0.3 is 15.0 Å². The summed E-state index contributed by atoms with van der Waals surface area (Å²) in [6, 6.07) is 25.8. The molecule has 1 aliphatic rings. The largest absolute Gasteiger partial charge is 0.497 e. The van der Waals surface area contributed by atoms with Gasteiger partial charge in [0.15, 0.2) is 0 Å². The standard InChI is InChI=1S/C26H26N2O3/c1-31-23-12-7-8-19(14-23)17-28-18-22(15-25(28)29)26(30)27-16-21-11-5-6-13-24(21)20-9-3-2-4-10-20/h2-14,22H,15-18H2,1H3,(H,27,30)/t22-/m1/s1. The third kappa shape index (κ3) is 4.94. The van der Waals surface area contributed by atoms with E-state index in [1.807, 2.05) is 60.7 Å². The van der Waals surface area contributed by atoms with Crippen molar-refractivity contribution in [1.29, 1.82) is 0 Å². The highest BCUT2D eigenvalue weighted by atomic mass is 16.5. The van der Waals surface area contributed by atoms with Crippen molar-refractivity contribution in [2.45, 2.75) is 19.5 Å². The van der Waals surface area contributed by atoms with Crippen LogP contribution in [0.4, 0.5) is 0 Å². The average molecular weight is 415 g/mol. The van der Waals surface area contributed by atoms with Gasteiger partial charge in [0.2, 0.25) is 11.8 Å². The fourth-order valence-corrected chi connectivity index (χ4v) is 3.99. The molecule has 0 unspecified atom stereocenters. The van der Waals surface area contributed by atoms with Gasteiger partial charge in [0.1, 0.15) is 5.75 Å². The lowest BCUT2D eigenvalue weighted by atomic mass is 9.99. The molecule has 158 valence electrons. The average Bonchev–Trinajstić information content (AvgIpc) is 3.18. The van der Waals surface area contributed by atoms with E-state index in [0.29, 0.717) is 19.6 Å². The molecule has 1 atom stereocenters. The van der Waals surface area contributed by atoms with Crippen LogP contribution in [0.15, 0.2) is 78.9 Å². The molecule has 5 nitrogen and oxygen atoms in total. The van der Waals surface area contributed by atoms with Gasteiger partial charge in [0.05, 0.1) is 13.0 Å². The minimum absolute atomic E-state index is 0.00709. The highest BCUT2D eigenvalue weighted by Gasteiger charge is 2.34. The molecule has 1 fully saturated rings.